The third-order valence-electron chi connectivity index (χ3n) is 1.61. The summed E-state index contributed by atoms with van der Waals surface area (Å²) in [4.78, 5) is 18.9. The molecule has 0 aliphatic rings. The summed E-state index contributed by atoms with van der Waals surface area (Å²) in [5.74, 6) is -0.463. The van der Waals surface area contributed by atoms with E-state index in [4.69, 9.17) is 11.6 Å². The van der Waals surface area contributed by atoms with Gasteiger partial charge in [0.25, 0.3) is 5.91 Å². The molecule has 1 heterocycles. The SMILES string of the molecule is CS(=O)(=O)NCCNC(=O)c1cncc(Cl)n1. The van der Waals surface area contributed by atoms with Crippen LogP contribution in [0.15, 0.2) is 12.4 Å². The monoisotopic (exact) mass is 278 g/mol. The number of nitrogens with zero attached hydrogens (tertiary/aromatic N) is 2. The van der Waals surface area contributed by atoms with Crippen LogP contribution < -0.4 is 10.0 Å². The molecule has 94 valence electrons. The molecule has 0 aromatic carbocycles. The molecule has 0 saturated carbocycles. The van der Waals surface area contributed by atoms with E-state index in [1.54, 1.807) is 0 Å². The molecule has 0 unspecified atom stereocenters. The molecular weight excluding hydrogens is 268 g/mol. The minimum atomic E-state index is -3.24. The van der Waals surface area contributed by atoms with Crippen LogP contribution in [0.4, 0.5) is 0 Å². The Bertz CT molecular complexity index is 505. The number of carbonyl (C=O) groups is 1. The van der Waals surface area contributed by atoms with Crippen molar-refractivity contribution in [3.63, 3.8) is 0 Å². The lowest BCUT2D eigenvalue weighted by Gasteiger charge is -2.04. The molecule has 0 aliphatic heterocycles. The van der Waals surface area contributed by atoms with Gasteiger partial charge in [-0.3, -0.25) is 9.78 Å². The van der Waals surface area contributed by atoms with E-state index in [-0.39, 0.29) is 23.9 Å². The number of nitrogens with one attached hydrogen (secondary N) is 2. The first-order valence-corrected chi connectivity index (χ1v) is 6.86. The van der Waals surface area contributed by atoms with E-state index in [9.17, 15) is 13.2 Å². The first kappa shape index (κ1) is 13.8. The number of amides is 1. The van der Waals surface area contributed by atoms with Gasteiger partial charge in [-0.15, -0.1) is 0 Å². The fourth-order valence-electron chi connectivity index (χ4n) is 0.955. The summed E-state index contributed by atoms with van der Waals surface area (Å²) in [6, 6.07) is 0. The Morgan fingerprint density at radius 1 is 1.41 bits per heavy atom. The van der Waals surface area contributed by atoms with Gasteiger partial charge < -0.3 is 5.32 Å². The van der Waals surface area contributed by atoms with Crippen molar-refractivity contribution in [3.05, 3.63) is 23.2 Å². The van der Waals surface area contributed by atoms with Crippen LogP contribution in [0.3, 0.4) is 0 Å². The van der Waals surface area contributed by atoms with E-state index >= 15 is 0 Å². The molecule has 1 amide bonds. The number of halogens is 1. The molecule has 0 spiro atoms. The Morgan fingerprint density at radius 2 is 2.12 bits per heavy atom. The minimum absolute atomic E-state index is 0.0804. The van der Waals surface area contributed by atoms with Crippen LogP contribution in [-0.4, -0.2) is 43.6 Å². The van der Waals surface area contributed by atoms with Gasteiger partial charge in [0.15, 0.2) is 0 Å². The van der Waals surface area contributed by atoms with Gasteiger partial charge in [0.2, 0.25) is 10.0 Å². The van der Waals surface area contributed by atoms with Gasteiger partial charge in [-0.25, -0.2) is 18.1 Å². The number of hydrogen-bond donors (Lipinski definition) is 2. The second kappa shape index (κ2) is 5.89. The average molecular weight is 279 g/mol. The summed E-state index contributed by atoms with van der Waals surface area (Å²) in [5.41, 5.74) is 0.0804. The number of rotatable bonds is 5. The zero-order valence-electron chi connectivity index (χ0n) is 8.97. The van der Waals surface area contributed by atoms with E-state index in [0.717, 1.165) is 6.26 Å². The van der Waals surface area contributed by atoms with Crippen molar-refractivity contribution < 1.29 is 13.2 Å². The summed E-state index contributed by atoms with van der Waals surface area (Å²) in [5, 5.41) is 2.59. The second-order valence-corrected chi connectivity index (χ2v) is 5.37. The third-order valence-corrected chi connectivity index (χ3v) is 2.52. The molecule has 7 nitrogen and oxygen atoms in total. The quantitative estimate of drug-likeness (QED) is 0.701. The van der Waals surface area contributed by atoms with Gasteiger partial charge in [0.1, 0.15) is 10.8 Å². The molecule has 0 atom stereocenters. The van der Waals surface area contributed by atoms with Crippen molar-refractivity contribution in [1.82, 2.24) is 20.0 Å². The Balaban J connectivity index is 2.41. The fourth-order valence-corrected chi connectivity index (χ4v) is 1.57. The van der Waals surface area contributed by atoms with E-state index in [2.05, 4.69) is 20.0 Å². The van der Waals surface area contributed by atoms with Crippen LogP contribution in [-0.2, 0) is 10.0 Å². The molecule has 0 saturated heterocycles. The standard InChI is InChI=1S/C8H11ClN4O3S/c1-17(15,16)12-3-2-11-8(14)6-4-10-5-7(9)13-6/h4-5,12H,2-3H2,1H3,(H,11,14). The lowest BCUT2D eigenvalue weighted by Crippen LogP contribution is -2.34. The van der Waals surface area contributed by atoms with Gasteiger partial charge in [-0.2, -0.15) is 0 Å². The summed E-state index contributed by atoms with van der Waals surface area (Å²) in [6.07, 6.45) is 3.62. The molecule has 0 bridgehead atoms. The van der Waals surface area contributed by atoms with Crippen molar-refractivity contribution in [3.8, 4) is 0 Å². The summed E-state index contributed by atoms with van der Waals surface area (Å²) in [7, 11) is -3.24. The first-order chi connectivity index (χ1) is 7.88. The van der Waals surface area contributed by atoms with Gasteiger partial charge in [-0.1, -0.05) is 11.6 Å². The van der Waals surface area contributed by atoms with Crippen molar-refractivity contribution in [1.29, 1.82) is 0 Å². The average Bonchev–Trinajstić information content (AvgIpc) is 2.23. The van der Waals surface area contributed by atoms with Crippen LogP contribution in [0.1, 0.15) is 10.5 Å². The van der Waals surface area contributed by atoms with Crippen LogP contribution in [0.5, 0.6) is 0 Å². The number of sulfonamides is 1. The molecule has 17 heavy (non-hydrogen) atoms. The van der Waals surface area contributed by atoms with Gasteiger partial charge in [-0.05, 0) is 0 Å². The lowest BCUT2D eigenvalue weighted by molar-refractivity contribution is 0.0949. The molecular formula is C8H11ClN4O3S. The predicted molar refractivity (Wildman–Crippen MR) is 62.2 cm³/mol. The highest BCUT2D eigenvalue weighted by Gasteiger charge is 2.07. The molecule has 9 heteroatoms. The minimum Gasteiger partial charge on any atom is -0.349 e. The molecule has 0 fully saturated rings. The maximum Gasteiger partial charge on any atom is 0.271 e. The van der Waals surface area contributed by atoms with Gasteiger partial charge in [0.05, 0.1) is 18.6 Å². The Labute approximate surface area is 104 Å². The smallest absolute Gasteiger partial charge is 0.271 e. The summed E-state index contributed by atoms with van der Waals surface area (Å²) >= 11 is 5.56. The van der Waals surface area contributed by atoms with E-state index in [1.807, 2.05) is 0 Å². The van der Waals surface area contributed by atoms with Gasteiger partial charge >= 0.3 is 0 Å². The zero-order valence-corrected chi connectivity index (χ0v) is 10.5. The molecule has 0 aliphatic carbocycles. The third kappa shape index (κ3) is 5.57. The largest absolute Gasteiger partial charge is 0.349 e. The molecule has 1 aromatic heterocycles. The van der Waals surface area contributed by atoms with E-state index < -0.39 is 15.9 Å². The van der Waals surface area contributed by atoms with E-state index in [0.29, 0.717) is 0 Å². The van der Waals surface area contributed by atoms with Crippen molar-refractivity contribution in [2.75, 3.05) is 19.3 Å². The zero-order chi connectivity index (χ0) is 12.9. The highest BCUT2D eigenvalue weighted by atomic mass is 35.5. The second-order valence-electron chi connectivity index (χ2n) is 3.15. The van der Waals surface area contributed by atoms with Crippen molar-refractivity contribution >= 4 is 27.5 Å². The Hall–Kier alpha value is -1.25. The maximum atomic E-state index is 11.5. The topological polar surface area (TPSA) is 101 Å². The summed E-state index contributed by atoms with van der Waals surface area (Å²) in [6.45, 7) is 0.263. The predicted octanol–water partition coefficient (Wildman–Crippen LogP) is -0.591. The van der Waals surface area contributed by atoms with Crippen LogP contribution in [0.2, 0.25) is 5.15 Å². The number of aromatic nitrogens is 2. The van der Waals surface area contributed by atoms with Crippen molar-refractivity contribution in [2.45, 2.75) is 0 Å². The van der Waals surface area contributed by atoms with Gasteiger partial charge in [0, 0.05) is 13.1 Å². The van der Waals surface area contributed by atoms with Crippen LogP contribution >= 0.6 is 11.6 Å². The summed E-state index contributed by atoms with van der Waals surface area (Å²) < 4.78 is 23.7. The fraction of sp³-hybridized carbons (Fsp3) is 0.375. The Kier molecular flexibility index (Phi) is 4.79. The number of carbonyl (C=O) groups excluding carboxylic acids is 1. The lowest BCUT2D eigenvalue weighted by atomic mass is 10.4. The number of hydrogen-bond acceptors (Lipinski definition) is 5. The van der Waals surface area contributed by atoms with Crippen molar-refractivity contribution in [2.24, 2.45) is 0 Å². The molecule has 0 radical (unpaired) electrons. The molecule has 1 rings (SSSR count). The normalized spacial score (nSPS) is 11.2. The van der Waals surface area contributed by atoms with Crippen LogP contribution in [0.25, 0.3) is 0 Å². The highest BCUT2D eigenvalue weighted by Crippen LogP contribution is 2.01. The molecule has 2 N–H and O–H groups in total. The first-order valence-electron chi connectivity index (χ1n) is 4.59. The maximum absolute atomic E-state index is 11.5. The van der Waals surface area contributed by atoms with Crippen LogP contribution in [0, 0.1) is 0 Å². The highest BCUT2D eigenvalue weighted by molar-refractivity contribution is 7.88. The Morgan fingerprint density at radius 3 is 2.71 bits per heavy atom. The molecule has 1 aromatic rings. The van der Waals surface area contributed by atoms with E-state index in [1.165, 1.54) is 12.4 Å².